The number of hydrogen-bond donors (Lipinski definition) is 1. The van der Waals surface area contributed by atoms with Crippen LogP contribution in [0.3, 0.4) is 0 Å². The molecular formula is C13H16ClN3. The normalized spacial score (nSPS) is 23.8. The summed E-state index contributed by atoms with van der Waals surface area (Å²) in [5, 5.41) is 9.80. The predicted molar refractivity (Wildman–Crippen MR) is 70.1 cm³/mol. The summed E-state index contributed by atoms with van der Waals surface area (Å²) in [7, 11) is 0. The van der Waals surface area contributed by atoms with E-state index in [0.717, 1.165) is 18.7 Å². The molecule has 1 aliphatic rings. The number of nitrogens with zero attached hydrogens (tertiary/aromatic N) is 2. The van der Waals surface area contributed by atoms with Crippen LogP contribution in [0, 0.1) is 17.2 Å². The van der Waals surface area contributed by atoms with E-state index in [4.69, 9.17) is 22.6 Å². The van der Waals surface area contributed by atoms with Gasteiger partial charge in [-0.3, -0.25) is 0 Å². The third-order valence-corrected chi connectivity index (χ3v) is 3.62. The maximum atomic E-state index is 9.13. The van der Waals surface area contributed by atoms with Gasteiger partial charge in [-0.15, -0.1) is 0 Å². The fourth-order valence-corrected chi connectivity index (χ4v) is 2.65. The maximum absolute atomic E-state index is 9.13. The molecule has 3 nitrogen and oxygen atoms in total. The number of benzene rings is 1. The van der Waals surface area contributed by atoms with Gasteiger partial charge in [-0.25, -0.2) is 0 Å². The Hall–Kier alpha value is -1.24. The van der Waals surface area contributed by atoms with E-state index < -0.39 is 0 Å². The van der Waals surface area contributed by atoms with Crippen molar-refractivity contribution >= 4 is 17.3 Å². The monoisotopic (exact) mass is 249 g/mol. The van der Waals surface area contributed by atoms with E-state index in [1.165, 1.54) is 0 Å². The summed E-state index contributed by atoms with van der Waals surface area (Å²) in [6.45, 7) is 3.77. The van der Waals surface area contributed by atoms with Crippen molar-refractivity contribution in [2.24, 2.45) is 11.7 Å². The molecule has 90 valence electrons. The number of hydrogen-bond acceptors (Lipinski definition) is 3. The molecule has 1 aromatic rings. The smallest absolute Gasteiger partial charge is 0.101 e. The van der Waals surface area contributed by atoms with Crippen molar-refractivity contribution in [3.05, 3.63) is 28.8 Å². The minimum atomic E-state index is 0.411. The van der Waals surface area contributed by atoms with Crippen LogP contribution in [0.5, 0.6) is 0 Å². The van der Waals surface area contributed by atoms with Crippen molar-refractivity contribution in [3.63, 3.8) is 0 Å². The molecule has 0 saturated carbocycles. The van der Waals surface area contributed by atoms with Crippen molar-refractivity contribution in [2.75, 3.05) is 18.0 Å². The fourth-order valence-electron chi connectivity index (χ4n) is 2.49. The molecule has 2 N–H and O–H groups in total. The molecule has 17 heavy (non-hydrogen) atoms. The highest BCUT2D eigenvalue weighted by Crippen LogP contribution is 2.32. The summed E-state index contributed by atoms with van der Waals surface area (Å²) >= 11 is 6.01. The molecule has 2 rings (SSSR count). The highest BCUT2D eigenvalue weighted by atomic mass is 35.5. The Morgan fingerprint density at radius 3 is 2.94 bits per heavy atom. The van der Waals surface area contributed by atoms with E-state index in [1.54, 1.807) is 12.1 Å². The summed E-state index contributed by atoms with van der Waals surface area (Å²) in [5.41, 5.74) is 7.33. The van der Waals surface area contributed by atoms with E-state index in [2.05, 4.69) is 17.9 Å². The average molecular weight is 250 g/mol. The quantitative estimate of drug-likeness (QED) is 0.876. The first kappa shape index (κ1) is 12.2. The predicted octanol–water partition coefficient (Wildman–Crippen LogP) is 2.39. The van der Waals surface area contributed by atoms with Crippen LogP contribution in [0.25, 0.3) is 0 Å². The second-order valence-electron chi connectivity index (χ2n) is 4.61. The molecule has 2 unspecified atom stereocenters. The Labute approximate surface area is 107 Å². The Morgan fingerprint density at radius 1 is 1.59 bits per heavy atom. The van der Waals surface area contributed by atoms with Crippen molar-refractivity contribution in [3.8, 4) is 6.07 Å². The highest BCUT2D eigenvalue weighted by molar-refractivity contribution is 6.30. The van der Waals surface area contributed by atoms with E-state index in [-0.39, 0.29) is 0 Å². The van der Waals surface area contributed by atoms with Crippen LogP contribution in [-0.4, -0.2) is 19.1 Å². The van der Waals surface area contributed by atoms with Crippen LogP contribution in [0.15, 0.2) is 18.2 Å². The van der Waals surface area contributed by atoms with Crippen LogP contribution >= 0.6 is 11.6 Å². The second-order valence-corrected chi connectivity index (χ2v) is 5.05. The van der Waals surface area contributed by atoms with Crippen molar-refractivity contribution < 1.29 is 0 Å². The first-order valence-electron chi connectivity index (χ1n) is 5.82. The third kappa shape index (κ3) is 2.38. The molecular weight excluding hydrogens is 234 g/mol. The highest BCUT2D eigenvalue weighted by Gasteiger charge is 2.29. The number of nitrogens with two attached hydrogens (primary N) is 1. The lowest BCUT2D eigenvalue weighted by molar-refractivity contribution is 0.579. The van der Waals surface area contributed by atoms with Crippen LogP contribution < -0.4 is 10.6 Å². The molecule has 1 aromatic carbocycles. The van der Waals surface area contributed by atoms with E-state index >= 15 is 0 Å². The number of anilines is 1. The number of nitriles is 1. The second kappa shape index (κ2) is 4.95. The largest absolute Gasteiger partial charge is 0.367 e. The van der Waals surface area contributed by atoms with Crippen molar-refractivity contribution in [1.29, 1.82) is 5.26 Å². The molecule has 2 atom stereocenters. The Balaban J connectivity index is 2.34. The molecule has 0 radical (unpaired) electrons. The molecule has 1 fully saturated rings. The first-order valence-corrected chi connectivity index (χ1v) is 6.20. The van der Waals surface area contributed by atoms with Gasteiger partial charge in [-0.05, 0) is 44.0 Å². The van der Waals surface area contributed by atoms with Crippen molar-refractivity contribution in [1.82, 2.24) is 0 Å². The van der Waals surface area contributed by atoms with Gasteiger partial charge in [0.2, 0.25) is 0 Å². The summed E-state index contributed by atoms with van der Waals surface area (Å²) in [6, 6.07) is 8.04. The van der Waals surface area contributed by atoms with Gasteiger partial charge in [-0.1, -0.05) is 11.6 Å². The van der Waals surface area contributed by atoms with E-state index in [0.29, 0.717) is 29.1 Å². The lowest BCUT2D eigenvalue weighted by Gasteiger charge is -2.25. The molecule has 0 aromatic heterocycles. The van der Waals surface area contributed by atoms with Crippen LogP contribution in [0.1, 0.15) is 18.9 Å². The zero-order valence-electron chi connectivity index (χ0n) is 9.86. The standard InChI is InChI=1S/C13H16ClN3/c1-9-4-10(6-15)8-17(9)13-5-12(14)3-2-11(13)7-16/h2-3,5,9-10H,4,6,8,15H2,1H3. The summed E-state index contributed by atoms with van der Waals surface area (Å²) < 4.78 is 0. The molecule has 1 heterocycles. The lowest BCUT2D eigenvalue weighted by atomic mass is 10.1. The van der Waals surface area contributed by atoms with Gasteiger partial charge in [0.15, 0.2) is 0 Å². The van der Waals surface area contributed by atoms with Gasteiger partial charge < -0.3 is 10.6 Å². The number of halogens is 1. The van der Waals surface area contributed by atoms with Gasteiger partial charge in [0.25, 0.3) is 0 Å². The Bertz CT molecular complexity index is 452. The van der Waals surface area contributed by atoms with Crippen LogP contribution in [0.4, 0.5) is 5.69 Å². The molecule has 1 aliphatic heterocycles. The Morgan fingerprint density at radius 2 is 2.35 bits per heavy atom. The maximum Gasteiger partial charge on any atom is 0.101 e. The molecule has 1 saturated heterocycles. The van der Waals surface area contributed by atoms with Crippen molar-refractivity contribution in [2.45, 2.75) is 19.4 Å². The van der Waals surface area contributed by atoms with Crippen LogP contribution in [0.2, 0.25) is 5.02 Å². The Kier molecular flexibility index (Phi) is 3.56. The molecule has 0 spiro atoms. The van der Waals surface area contributed by atoms with Gasteiger partial charge in [-0.2, -0.15) is 5.26 Å². The SMILES string of the molecule is CC1CC(CN)CN1c1cc(Cl)ccc1C#N. The topological polar surface area (TPSA) is 53.0 Å². The van der Waals surface area contributed by atoms with Gasteiger partial charge in [0.05, 0.1) is 11.3 Å². The number of rotatable bonds is 2. The minimum Gasteiger partial charge on any atom is -0.367 e. The third-order valence-electron chi connectivity index (χ3n) is 3.38. The summed E-state index contributed by atoms with van der Waals surface area (Å²) in [5.74, 6) is 0.510. The van der Waals surface area contributed by atoms with E-state index in [9.17, 15) is 0 Å². The molecule has 0 amide bonds. The van der Waals surface area contributed by atoms with Gasteiger partial charge in [0.1, 0.15) is 6.07 Å². The first-order chi connectivity index (χ1) is 8.15. The molecule has 0 bridgehead atoms. The summed E-state index contributed by atoms with van der Waals surface area (Å²) in [4.78, 5) is 2.24. The lowest BCUT2D eigenvalue weighted by Crippen LogP contribution is -2.28. The zero-order chi connectivity index (χ0) is 12.4. The van der Waals surface area contributed by atoms with Gasteiger partial charge in [0, 0.05) is 17.6 Å². The van der Waals surface area contributed by atoms with Crippen LogP contribution in [-0.2, 0) is 0 Å². The average Bonchev–Trinajstić information content (AvgIpc) is 2.70. The zero-order valence-corrected chi connectivity index (χ0v) is 10.6. The minimum absolute atomic E-state index is 0.411. The fraction of sp³-hybridized carbons (Fsp3) is 0.462. The molecule has 0 aliphatic carbocycles. The van der Waals surface area contributed by atoms with E-state index in [1.807, 2.05) is 6.07 Å². The summed E-state index contributed by atoms with van der Waals surface area (Å²) in [6.07, 6.45) is 1.08. The van der Waals surface area contributed by atoms with Gasteiger partial charge >= 0.3 is 0 Å². The molecule has 4 heteroatoms.